The van der Waals surface area contributed by atoms with Gasteiger partial charge in [0.1, 0.15) is 5.82 Å². The molecule has 1 spiro atoms. The number of carbonyl (C=O) groups is 3. The van der Waals surface area contributed by atoms with Crippen LogP contribution in [0, 0.1) is 22.6 Å². The summed E-state index contributed by atoms with van der Waals surface area (Å²) >= 11 is 0. The van der Waals surface area contributed by atoms with E-state index in [1.54, 1.807) is 12.1 Å². The van der Waals surface area contributed by atoms with Crippen molar-refractivity contribution in [2.24, 2.45) is 16.7 Å². The Bertz CT molecular complexity index is 1120. The van der Waals surface area contributed by atoms with Gasteiger partial charge in [0, 0.05) is 32.7 Å². The third kappa shape index (κ3) is 8.40. The molecule has 0 unspecified atom stereocenters. The van der Waals surface area contributed by atoms with E-state index in [2.05, 4.69) is 21.6 Å². The number of carboxylic acid groups (broad SMARTS) is 2. The van der Waals surface area contributed by atoms with Crippen molar-refractivity contribution in [1.29, 1.82) is 0 Å². The maximum absolute atomic E-state index is 13.7. The van der Waals surface area contributed by atoms with Gasteiger partial charge in [-0.05, 0) is 87.2 Å². The molecule has 0 aromatic heterocycles. The quantitative estimate of drug-likeness (QED) is 0.445. The fourth-order valence-corrected chi connectivity index (χ4v) is 7.09. The molecule has 8 nitrogen and oxygen atoms in total. The van der Waals surface area contributed by atoms with Gasteiger partial charge in [0.2, 0.25) is 5.91 Å². The zero-order chi connectivity index (χ0) is 32.9. The summed E-state index contributed by atoms with van der Waals surface area (Å²) in [4.78, 5) is 38.8. The molecule has 3 saturated heterocycles. The SMILES string of the molecule is CCN1C[C@H]2C3(CCN(Cc4ccc(F)cc4)CC3)CC[C@@]2(C(=O)N2CCCC2)C1.O=C(O)C(F)(F)F.O=C(O)C(F)(F)F. The number of benzene rings is 1. The molecule has 2 atom stereocenters. The Morgan fingerprint density at radius 3 is 1.77 bits per heavy atom. The molecule has 5 rings (SSSR count). The van der Waals surface area contributed by atoms with E-state index in [4.69, 9.17) is 19.8 Å². The highest BCUT2D eigenvalue weighted by molar-refractivity contribution is 5.84. The van der Waals surface area contributed by atoms with E-state index in [0.29, 0.717) is 17.2 Å². The van der Waals surface area contributed by atoms with E-state index in [1.807, 2.05) is 12.1 Å². The summed E-state index contributed by atoms with van der Waals surface area (Å²) in [6.07, 6.45) is -3.11. The summed E-state index contributed by atoms with van der Waals surface area (Å²) in [6, 6.07) is 6.94. The number of likely N-dealkylation sites (tertiary alicyclic amines) is 3. The highest BCUT2D eigenvalue weighted by atomic mass is 19.4. The molecule has 3 aliphatic heterocycles. The summed E-state index contributed by atoms with van der Waals surface area (Å²) in [5, 5.41) is 14.2. The van der Waals surface area contributed by atoms with Gasteiger partial charge in [-0.3, -0.25) is 9.69 Å². The number of nitrogens with zero attached hydrogens (tertiary/aromatic N) is 3. The molecular weight excluding hydrogens is 603 g/mol. The molecule has 2 N–H and O–H groups in total. The number of fused-ring (bicyclic) bond motifs is 2. The lowest BCUT2D eigenvalue weighted by atomic mass is 9.65. The van der Waals surface area contributed by atoms with Crippen LogP contribution >= 0.6 is 0 Å². The first kappa shape index (κ1) is 35.5. The zero-order valence-corrected chi connectivity index (χ0v) is 24.4. The van der Waals surface area contributed by atoms with Crippen LogP contribution in [-0.4, -0.2) is 101 Å². The number of carboxylic acids is 2. The fraction of sp³-hybridized carbons (Fsp3) is 0.690. The first-order valence-corrected chi connectivity index (χ1v) is 14.5. The lowest BCUT2D eigenvalue weighted by Gasteiger charge is -2.45. The second-order valence-electron chi connectivity index (χ2n) is 11.9. The van der Waals surface area contributed by atoms with Crippen LogP contribution in [0.2, 0.25) is 0 Å². The van der Waals surface area contributed by atoms with Crippen LogP contribution in [-0.2, 0) is 20.9 Å². The number of piperidine rings is 1. The monoisotopic (exact) mass is 641 g/mol. The number of rotatable bonds is 4. The van der Waals surface area contributed by atoms with Crippen molar-refractivity contribution in [2.75, 3.05) is 45.8 Å². The summed E-state index contributed by atoms with van der Waals surface area (Å²) in [6.45, 7) is 10.4. The Hall–Kier alpha value is -2.94. The maximum atomic E-state index is 13.7. The third-order valence-corrected chi connectivity index (χ3v) is 9.34. The van der Waals surface area contributed by atoms with E-state index in [1.165, 1.54) is 37.7 Å². The first-order chi connectivity index (χ1) is 20.4. The second kappa shape index (κ2) is 14.0. The summed E-state index contributed by atoms with van der Waals surface area (Å²) in [5.41, 5.74) is 1.40. The fourth-order valence-electron chi connectivity index (χ4n) is 7.09. The molecule has 15 heteroatoms. The van der Waals surface area contributed by atoms with Crippen molar-refractivity contribution >= 4 is 17.8 Å². The first-order valence-electron chi connectivity index (χ1n) is 14.5. The van der Waals surface area contributed by atoms with Crippen molar-refractivity contribution in [3.63, 3.8) is 0 Å². The Labute approximate surface area is 250 Å². The van der Waals surface area contributed by atoms with E-state index in [0.717, 1.165) is 58.8 Å². The van der Waals surface area contributed by atoms with Crippen molar-refractivity contribution in [1.82, 2.24) is 14.7 Å². The van der Waals surface area contributed by atoms with Crippen molar-refractivity contribution in [3.8, 4) is 0 Å². The molecule has 4 fully saturated rings. The standard InChI is InChI=1S/C25H36FN3O.2C2HF3O2/c1-2-27-18-22-24(9-10-25(22,19-27)23(30)29-13-3-4-14-29)11-15-28(16-12-24)17-20-5-7-21(26)8-6-20;2*3-2(4,5)1(6)7/h5-8,22H,2-4,9-19H2,1H3;2*(H,6,7)/t22-,25+;;/m0../s1. The van der Waals surface area contributed by atoms with Gasteiger partial charge in [0.15, 0.2) is 0 Å². The average Bonchev–Trinajstić information content (AvgIpc) is 3.68. The van der Waals surface area contributed by atoms with E-state index in [9.17, 15) is 35.5 Å². The zero-order valence-electron chi connectivity index (χ0n) is 24.4. The van der Waals surface area contributed by atoms with Crippen LogP contribution in [0.5, 0.6) is 0 Å². The van der Waals surface area contributed by atoms with Gasteiger partial charge >= 0.3 is 24.3 Å². The topological polar surface area (TPSA) is 101 Å². The smallest absolute Gasteiger partial charge is 0.475 e. The van der Waals surface area contributed by atoms with Crippen molar-refractivity contribution in [3.05, 3.63) is 35.6 Å². The Morgan fingerprint density at radius 2 is 1.32 bits per heavy atom. The number of hydrogen-bond acceptors (Lipinski definition) is 5. The molecule has 0 bridgehead atoms. The summed E-state index contributed by atoms with van der Waals surface area (Å²) < 4.78 is 76.7. The molecule has 1 aromatic carbocycles. The summed E-state index contributed by atoms with van der Waals surface area (Å²) in [5.74, 6) is -4.68. The predicted octanol–water partition coefficient (Wildman–Crippen LogP) is 5.03. The number of alkyl halides is 6. The molecule has 3 heterocycles. The number of aliphatic carboxylic acids is 2. The molecule has 0 radical (unpaired) electrons. The van der Waals surface area contributed by atoms with Crippen molar-refractivity contribution < 1.29 is 55.3 Å². The Morgan fingerprint density at radius 1 is 0.818 bits per heavy atom. The lowest BCUT2D eigenvalue weighted by Crippen LogP contribution is -2.49. The number of halogens is 7. The van der Waals surface area contributed by atoms with Crippen molar-refractivity contribution in [2.45, 2.75) is 64.3 Å². The second-order valence-corrected chi connectivity index (χ2v) is 11.9. The predicted molar refractivity (Wildman–Crippen MR) is 144 cm³/mol. The van der Waals surface area contributed by atoms with Gasteiger partial charge in [-0.2, -0.15) is 26.3 Å². The van der Waals surface area contributed by atoms with Crippen LogP contribution in [0.25, 0.3) is 0 Å². The number of hydrogen-bond donors (Lipinski definition) is 2. The van der Waals surface area contributed by atoms with Crippen LogP contribution in [0.15, 0.2) is 24.3 Å². The minimum Gasteiger partial charge on any atom is -0.475 e. The van der Waals surface area contributed by atoms with Gasteiger partial charge in [0.25, 0.3) is 0 Å². The normalized spacial score (nSPS) is 25.1. The molecule has 1 aliphatic carbocycles. The summed E-state index contributed by atoms with van der Waals surface area (Å²) in [7, 11) is 0. The highest BCUT2D eigenvalue weighted by Crippen LogP contribution is 2.62. The number of carbonyl (C=O) groups excluding carboxylic acids is 1. The van der Waals surface area contributed by atoms with Gasteiger partial charge < -0.3 is 20.0 Å². The Kier molecular flexibility index (Phi) is 11.3. The average molecular weight is 642 g/mol. The maximum Gasteiger partial charge on any atom is 0.490 e. The van der Waals surface area contributed by atoms with Crippen LogP contribution < -0.4 is 0 Å². The van der Waals surface area contributed by atoms with E-state index in [-0.39, 0.29) is 11.2 Å². The minimum absolute atomic E-state index is 0.126. The molecule has 1 saturated carbocycles. The molecule has 1 amide bonds. The van der Waals surface area contributed by atoms with Crippen LogP contribution in [0.3, 0.4) is 0 Å². The van der Waals surface area contributed by atoms with Crippen LogP contribution in [0.4, 0.5) is 30.7 Å². The van der Waals surface area contributed by atoms with Gasteiger partial charge in [0.05, 0.1) is 5.41 Å². The van der Waals surface area contributed by atoms with E-state index >= 15 is 0 Å². The minimum atomic E-state index is -5.08. The van der Waals surface area contributed by atoms with Gasteiger partial charge in [-0.25, -0.2) is 14.0 Å². The Balaban J connectivity index is 0.000000317. The lowest BCUT2D eigenvalue weighted by molar-refractivity contribution is -0.193. The molecule has 248 valence electrons. The van der Waals surface area contributed by atoms with Gasteiger partial charge in [-0.15, -0.1) is 0 Å². The molecule has 1 aromatic rings. The van der Waals surface area contributed by atoms with Gasteiger partial charge in [-0.1, -0.05) is 19.1 Å². The molecule has 44 heavy (non-hydrogen) atoms. The molecular formula is C29H38F7N3O5. The highest BCUT2D eigenvalue weighted by Gasteiger charge is 2.64. The van der Waals surface area contributed by atoms with E-state index < -0.39 is 24.3 Å². The van der Waals surface area contributed by atoms with Crippen LogP contribution in [0.1, 0.15) is 51.0 Å². The molecule has 4 aliphatic rings. The third-order valence-electron chi connectivity index (χ3n) is 9.34. The largest absolute Gasteiger partial charge is 0.490 e. The number of amides is 1.